The highest BCUT2D eigenvalue weighted by Crippen LogP contribution is 2.28. The van der Waals surface area contributed by atoms with Crippen LogP contribution in [0.1, 0.15) is 29.5 Å². The van der Waals surface area contributed by atoms with Crippen LogP contribution in [0.15, 0.2) is 94.2 Å². The number of para-hydroxylation sites is 1. The lowest BCUT2D eigenvalue weighted by atomic mass is 9.90. The summed E-state index contributed by atoms with van der Waals surface area (Å²) in [6, 6.07) is 21.5. The minimum Gasteiger partial charge on any atom is -0.359 e. The average Bonchev–Trinajstić information content (AvgIpc) is 3.02. The van der Waals surface area contributed by atoms with Crippen LogP contribution in [0.5, 0.6) is 0 Å². The van der Waals surface area contributed by atoms with E-state index in [2.05, 4.69) is 40.6 Å². The van der Waals surface area contributed by atoms with Crippen molar-refractivity contribution in [2.75, 3.05) is 11.6 Å². The highest BCUT2D eigenvalue weighted by atomic mass is 32.2. The van der Waals surface area contributed by atoms with E-state index in [1.54, 1.807) is 12.1 Å². The van der Waals surface area contributed by atoms with Crippen molar-refractivity contribution in [1.29, 1.82) is 0 Å². The Labute approximate surface area is 200 Å². The molecule has 0 atom stereocenters. The summed E-state index contributed by atoms with van der Waals surface area (Å²) in [6.07, 6.45) is 7.88. The van der Waals surface area contributed by atoms with Gasteiger partial charge in [-0.25, -0.2) is 13.4 Å². The summed E-state index contributed by atoms with van der Waals surface area (Å²) in [7, 11) is -3.20. The fourth-order valence-corrected chi connectivity index (χ4v) is 5.08. The van der Waals surface area contributed by atoms with Crippen LogP contribution in [0, 0.1) is 0 Å². The fraction of sp³-hybridized carbons (Fsp3) is 0.214. The highest BCUT2D eigenvalue weighted by Gasteiger charge is 2.14. The van der Waals surface area contributed by atoms with Crippen molar-refractivity contribution in [3.63, 3.8) is 0 Å². The monoisotopic (exact) mass is 469 g/mol. The second-order valence-corrected chi connectivity index (χ2v) is 10.7. The van der Waals surface area contributed by atoms with E-state index in [-0.39, 0.29) is 0 Å². The number of nitrogens with zero attached hydrogens (tertiary/aromatic N) is 1. The van der Waals surface area contributed by atoms with Crippen LogP contribution in [-0.4, -0.2) is 14.7 Å². The predicted molar refractivity (Wildman–Crippen MR) is 135 cm³/mol. The Kier molecular flexibility index (Phi) is 6.10. The van der Waals surface area contributed by atoms with Gasteiger partial charge in [0.1, 0.15) is 0 Å². The maximum absolute atomic E-state index is 11.7. The molecule has 3 aromatic rings. The Bertz CT molecular complexity index is 1530. The zero-order valence-corrected chi connectivity index (χ0v) is 20.0. The summed E-state index contributed by atoms with van der Waals surface area (Å²) in [5.74, 6) is 0.631. The van der Waals surface area contributed by atoms with Gasteiger partial charge in [0.05, 0.1) is 15.9 Å². The van der Waals surface area contributed by atoms with Crippen LogP contribution >= 0.6 is 0 Å². The van der Waals surface area contributed by atoms with E-state index in [0.717, 1.165) is 40.4 Å². The second kappa shape index (κ2) is 9.34. The van der Waals surface area contributed by atoms with Crippen molar-refractivity contribution >= 4 is 21.2 Å². The van der Waals surface area contributed by atoms with E-state index < -0.39 is 9.84 Å². The molecule has 0 spiro atoms. The van der Waals surface area contributed by atoms with E-state index in [0.29, 0.717) is 17.3 Å². The third kappa shape index (κ3) is 4.84. The van der Waals surface area contributed by atoms with Gasteiger partial charge in [-0.2, -0.15) is 0 Å². The lowest BCUT2D eigenvalue weighted by molar-refractivity contribution is 0.602. The van der Waals surface area contributed by atoms with Gasteiger partial charge in [-0.15, -0.1) is 0 Å². The summed E-state index contributed by atoms with van der Waals surface area (Å²) in [6.45, 7) is 0.515. The van der Waals surface area contributed by atoms with Crippen molar-refractivity contribution in [2.45, 2.75) is 37.1 Å². The summed E-state index contributed by atoms with van der Waals surface area (Å²) in [5, 5.41) is 8.88. The molecule has 0 bridgehead atoms. The number of benzene rings is 3. The maximum Gasteiger partial charge on any atom is 0.175 e. The molecule has 6 heteroatoms. The van der Waals surface area contributed by atoms with E-state index in [9.17, 15) is 8.42 Å². The number of sulfone groups is 1. The largest absolute Gasteiger partial charge is 0.359 e. The molecule has 0 aromatic heterocycles. The van der Waals surface area contributed by atoms with Gasteiger partial charge in [-0.3, -0.25) is 0 Å². The van der Waals surface area contributed by atoms with Crippen LogP contribution in [-0.2, 0) is 29.2 Å². The van der Waals surface area contributed by atoms with Crippen molar-refractivity contribution in [1.82, 2.24) is 5.32 Å². The first-order valence-corrected chi connectivity index (χ1v) is 13.4. The predicted octanol–water partition coefficient (Wildman–Crippen LogP) is 3.61. The molecule has 2 aliphatic rings. The number of fused-ring (bicyclic) bond motifs is 2. The number of hydrogen-bond acceptors (Lipinski definition) is 5. The third-order valence-corrected chi connectivity index (χ3v) is 7.38. The van der Waals surface area contributed by atoms with Crippen LogP contribution in [0.3, 0.4) is 0 Å². The molecule has 0 unspecified atom stereocenters. The number of rotatable bonds is 6. The minimum absolute atomic E-state index is 0.317. The van der Waals surface area contributed by atoms with Crippen LogP contribution in [0.25, 0.3) is 5.70 Å². The Balaban J connectivity index is 1.43. The van der Waals surface area contributed by atoms with Crippen LogP contribution in [0.2, 0.25) is 0 Å². The number of aryl methyl sites for hydroxylation is 1. The Morgan fingerprint density at radius 3 is 2.56 bits per heavy atom. The normalized spacial score (nSPS) is 14.9. The molecule has 3 aromatic carbocycles. The zero-order chi connectivity index (χ0) is 23.5. The molecular formula is C28H27N3O2S. The van der Waals surface area contributed by atoms with E-state index >= 15 is 0 Å². The van der Waals surface area contributed by atoms with Gasteiger partial charge in [0.15, 0.2) is 15.7 Å². The summed E-state index contributed by atoms with van der Waals surface area (Å²) in [4.78, 5) is 5.11. The first-order valence-electron chi connectivity index (χ1n) is 11.5. The first-order chi connectivity index (χ1) is 16.5. The summed E-state index contributed by atoms with van der Waals surface area (Å²) < 4.78 is 23.4. The molecule has 5 rings (SSSR count). The smallest absolute Gasteiger partial charge is 0.175 e. The van der Waals surface area contributed by atoms with Crippen molar-refractivity contribution < 1.29 is 8.42 Å². The molecule has 172 valence electrons. The van der Waals surface area contributed by atoms with Crippen LogP contribution in [0.4, 0.5) is 5.69 Å². The highest BCUT2D eigenvalue weighted by molar-refractivity contribution is 7.90. The van der Waals surface area contributed by atoms with Gasteiger partial charge < -0.3 is 10.6 Å². The third-order valence-electron chi connectivity index (χ3n) is 6.26. The second-order valence-electron chi connectivity index (χ2n) is 8.72. The Hall–Kier alpha value is -3.60. The van der Waals surface area contributed by atoms with Crippen molar-refractivity contribution in [3.8, 4) is 0 Å². The molecule has 1 aliphatic heterocycles. The van der Waals surface area contributed by atoms with Gasteiger partial charge in [-0.1, -0.05) is 48.2 Å². The SMILES string of the molecule is CS(=O)(=O)c1ccc(CNC2=C=CC(Nc3cccc4c3CCCC4)=c3ccccc3=N2)cc1. The van der Waals surface area contributed by atoms with Gasteiger partial charge in [0, 0.05) is 29.8 Å². The van der Waals surface area contributed by atoms with Crippen molar-refractivity contribution in [2.24, 2.45) is 4.99 Å². The summed E-state index contributed by atoms with van der Waals surface area (Å²) >= 11 is 0. The van der Waals surface area contributed by atoms with Crippen LogP contribution < -0.4 is 21.2 Å². The maximum atomic E-state index is 11.7. The molecule has 0 saturated carbocycles. The molecule has 34 heavy (non-hydrogen) atoms. The number of anilines is 1. The molecular weight excluding hydrogens is 442 g/mol. The molecule has 0 saturated heterocycles. The van der Waals surface area contributed by atoms with Crippen molar-refractivity contribution in [3.05, 3.63) is 112 Å². The van der Waals surface area contributed by atoms with E-state index in [1.807, 2.05) is 36.4 Å². The Morgan fingerprint density at radius 1 is 0.941 bits per heavy atom. The number of hydrogen-bond donors (Lipinski definition) is 2. The molecule has 0 amide bonds. The van der Waals surface area contributed by atoms with Gasteiger partial charge >= 0.3 is 0 Å². The molecule has 2 N–H and O–H groups in total. The molecule has 0 fully saturated rings. The average molecular weight is 470 g/mol. The summed E-state index contributed by atoms with van der Waals surface area (Å²) in [5.41, 5.74) is 9.24. The lowest BCUT2D eigenvalue weighted by Crippen LogP contribution is -2.29. The molecule has 5 nitrogen and oxygen atoms in total. The topological polar surface area (TPSA) is 70.6 Å². The van der Waals surface area contributed by atoms with Gasteiger partial charge in [0.25, 0.3) is 0 Å². The lowest BCUT2D eigenvalue weighted by Gasteiger charge is -2.20. The van der Waals surface area contributed by atoms with E-state index in [4.69, 9.17) is 4.99 Å². The van der Waals surface area contributed by atoms with E-state index in [1.165, 1.54) is 30.2 Å². The molecule has 0 radical (unpaired) electrons. The molecule has 1 heterocycles. The quantitative estimate of drug-likeness (QED) is 0.541. The number of nitrogens with one attached hydrogen (secondary N) is 2. The van der Waals surface area contributed by atoms with Gasteiger partial charge in [-0.05, 0) is 66.6 Å². The standard InChI is InChI=1S/C28H27N3O2S/c1-34(32,33)22-15-13-20(14-16-22)19-29-28-18-17-27(24-10-4-5-11-26(24)31-28)30-25-12-6-8-21-7-2-3-9-23(21)25/h4-6,8,10-17,29-30H,2-3,7,9,19H2,1H3. The zero-order valence-electron chi connectivity index (χ0n) is 19.1. The van der Waals surface area contributed by atoms with Gasteiger partial charge in [0.2, 0.25) is 0 Å². The Morgan fingerprint density at radius 2 is 1.74 bits per heavy atom. The minimum atomic E-state index is -3.20. The fourth-order valence-electron chi connectivity index (χ4n) is 4.45. The molecule has 1 aliphatic carbocycles. The first kappa shape index (κ1) is 22.2.